The van der Waals surface area contributed by atoms with Crippen LogP contribution < -0.4 is 5.32 Å². The Bertz CT molecular complexity index is 407. The first-order valence-electron chi connectivity index (χ1n) is 5.18. The zero-order valence-corrected chi connectivity index (χ0v) is 9.48. The summed E-state index contributed by atoms with van der Waals surface area (Å²) in [5, 5.41) is 3.04. The molecule has 1 aromatic rings. The lowest BCUT2D eigenvalue weighted by atomic mass is 10.0. The minimum Gasteiger partial charge on any atom is -0.309 e. The number of hydrogen-bond donors (Lipinski definition) is 1. The fraction of sp³-hybridized carbons (Fsp3) is 0.385. The van der Waals surface area contributed by atoms with Gasteiger partial charge in [-0.2, -0.15) is 0 Å². The van der Waals surface area contributed by atoms with Crippen LogP contribution in [0.1, 0.15) is 30.5 Å². The van der Waals surface area contributed by atoms with Crippen molar-refractivity contribution in [2.75, 3.05) is 6.54 Å². The van der Waals surface area contributed by atoms with Crippen molar-refractivity contribution in [1.29, 1.82) is 0 Å². The summed E-state index contributed by atoms with van der Waals surface area (Å²) in [6.07, 6.45) is 5.67. The van der Waals surface area contributed by atoms with Crippen LogP contribution in [0.15, 0.2) is 12.1 Å². The van der Waals surface area contributed by atoms with Crippen molar-refractivity contribution >= 4 is 0 Å². The number of aryl methyl sites for hydroxylation is 1. The maximum atomic E-state index is 13.5. The zero-order valence-electron chi connectivity index (χ0n) is 9.48. The molecule has 1 N–H and O–H groups in total. The molecule has 0 radical (unpaired) electrons. The number of hydrogen-bond acceptors (Lipinski definition) is 1. The summed E-state index contributed by atoms with van der Waals surface area (Å²) < 4.78 is 26.8. The summed E-state index contributed by atoms with van der Waals surface area (Å²) >= 11 is 0. The Labute approximate surface area is 94.9 Å². The fourth-order valence-electron chi connectivity index (χ4n) is 1.46. The number of nitrogens with one attached hydrogen (secondary N) is 1. The van der Waals surface area contributed by atoms with Crippen LogP contribution in [0.25, 0.3) is 0 Å². The second-order valence-electron chi connectivity index (χ2n) is 3.75. The molecule has 0 fully saturated rings. The molecule has 0 heterocycles. The van der Waals surface area contributed by atoms with E-state index < -0.39 is 0 Å². The average Bonchev–Trinajstić information content (AvgIpc) is 2.23. The van der Waals surface area contributed by atoms with Crippen molar-refractivity contribution < 1.29 is 8.78 Å². The molecule has 0 aliphatic rings. The van der Waals surface area contributed by atoms with Crippen molar-refractivity contribution in [1.82, 2.24) is 5.32 Å². The predicted molar refractivity (Wildman–Crippen MR) is 61.0 cm³/mol. The van der Waals surface area contributed by atoms with E-state index in [9.17, 15) is 8.78 Å². The lowest BCUT2D eigenvalue weighted by Gasteiger charge is -2.15. The number of rotatable bonds is 4. The largest absolute Gasteiger partial charge is 0.309 e. The van der Waals surface area contributed by atoms with Gasteiger partial charge in [-0.3, -0.25) is 0 Å². The van der Waals surface area contributed by atoms with Crippen LogP contribution in [0.4, 0.5) is 8.78 Å². The van der Waals surface area contributed by atoms with Gasteiger partial charge < -0.3 is 5.32 Å². The van der Waals surface area contributed by atoms with Crippen molar-refractivity contribution in [2.24, 2.45) is 0 Å². The molecule has 0 aromatic heterocycles. The highest BCUT2D eigenvalue weighted by atomic mass is 19.1. The molecule has 1 nitrogen and oxygen atoms in total. The fourth-order valence-corrected chi connectivity index (χ4v) is 1.46. The van der Waals surface area contributed by atoms with Gasteiger partial charge in [-0.25, -0.2) is 8.78 Å². The maximum absolute atomic E-state index is 13.5. The van der Waals surface area contributed by atoms with Crippen molar-refractivity contribution in [3.8, 4) is 12.3 Å². The maximum Gasteiger partial charge on any atom is 0.128 e. The van der Waals surface area contributed by atoms with Gasteiger partial charge in [-0.05, 0) is 31.5 Å². The second kappa shape index (κ2) is 5.62. The highest BCUT2D eigenvalue weighted by molar-refractivity contribution is 5.27. The molecule has 0 bridgehead atoms. The molecule has 0 amide bonds. The molecule has 1 aromatic carbocycles. The molecule has 16 heavy (non-hydrogen) atoms. The van der Waals surface area contributed by atoms with E-state index in [-0.39, 0.29) is 17.7 Å². The van der Waals surface area contributed by atoms with Crippen molar-refractivity contribution in [2.45, 2.75) is 26.3 Å². The Morgan fingerprint density at radius 1 is 1.38 bits per heavy atom. The van der Waals surface area contributed by atoms with Crippen LogP contribution in [-0.4, -0.2) is 6.54 Å². The van der Waals surface area contributed by atoms with Crippen molar-refractivity contribution in [3.63, 3.8) is 0 Å². The van der Waals surface area contributed by atoms with E-state index in [0.717, 1.165) is 0 Å². The third kappa shape index (κ3) is 3.04. The Balaban J connectivity index is 2.79. The molecule has 1 atom stereocenters. The minimum atomic E-state index is -0.389. The van der Waals surface area contributed by atoms with Crippen LogP contribution in [0.5, 0.6) is 0 Å². The third-order valence-electron chi connectivity index (χ3n) is 2.46. The van der Waals surface area contributed by atoms with Gasteiger partial charge in [0.2, 0.25) is 0 Å². The molecule has 0 saturated heterocycles. The molecule has 3 heteroatoms. The number of halogens is 2. The van der Waals surface area contributed by atoms with Gasteiger partial charge >= 0.3 is 0 Å². The van der Waals surface area contributed by atoms with Gasteiger partial charge in [0.25, 0.3) is 0 Å². The monoisotopic (exact) mass is 223 g/mol. The highest BCUT2D eigenvalue weighted by Gasteiger charge is 2.12. The SMILES string of the molecule is C#CCCNC(C)c1cc(F)c(C)cc1F. The molecule has 1 unspecified atom stereocenters. The first-order chi connectivity index (χ1) is 7.56. The molecular formula is C13H15F2N. The molecule has 0 aliphatic carbocycles. The first-order valence-corrected chi connectivity index (χ1v) is 5.18. The van der Waals surface area contributed by atoms with Gasteiger partial charge in [-0.15, -0.1) is 12.3 Å². The summed E-state index contributed by atoms with van der Waals surface area (Å²) in [4.78, 5) is 0. The summed E-state index contributed by atoms with van der Waals surface area (Å²) in [5.74, 6) is 1.70. The van der Waals surface area contributed by atoms with Crippen molar-refractivity contribution in [3.05, 3.63) is 34.9 Å². The normalized spacial score (nSPS) is 12.2. The summed E-state index contributed by atoms with van der Waals surface area (Å²) in [5.41, 5.74) is 0.650. The molecule has 0 spiro atoms. The molecule has 1 rings (SSSR count). The van der Waals surface area contributed by atoms with Crippen LogP contribution >= 0.6 is 0 Å². The lowest BCUT2D eigenvalue weighted by Crippen LogP contribution is -2.20. The smallest absolute Gasteiger partial charge is 0.128 e. The quantitative estimate of drug-likeness (QED) is 0.611. The number of benzene rings is 1. The van der Waals surface area contributed by atoms with E-state index in [2.05, 4.69) is 11.2 Å². The summed E-state index contributed by atoms with van der Waals surface area (Å²) in [6, 6.07) is 2.20. The molecule has 86 valence electrons. The molecule has 0 saturated carbocycles. The minimum absolute atomic E-state index is 0.247. The molecule has 0 aliphatic heterocycles. The highest BCUT2D eigenvalue weighted by Crippen LogP contribution is 2.20. The topological polar surface area (TPSA) is 12.0 Å². The van der Waals surface area contributed by atoms with Crippen LogP contribution in [0.3, 0.4) is 0 Å². The van der Waals surface area contributed by atoms with E-state index in [1.807, 2.05) is 0 Å². The Hall–Kier alpha value is -1.40. The van der Waals surface area contributed by atoms with E-state index in [4.69, 9.17) is 6.42 Å². The Morgan fingerprint density at radius 2 is 2.06 bits per heavy atom. The lowest BCUT2D eigenvalue weighted by molar-refractivity contribution is 0.521. The zero-order chi connectivity index (χ0) is 12.1. The van der Waals surface area contributed by atoms with Gasteiger partial charge in [0.05, 0.1) is 0 Å². The van der Waals surface area contributed by atoms with Gasteiger partial charge in [0, 0.05) is 24.6 Å². The van der Waals surface area contributed by atoms with Crippen LogP contribution in [0, 0.1) is 30.9 Å². The standard InChI is InChI=1S/C13H15F2N/c1-4-5-6-16-10(3)11-8-12(14)9(2)7-13(11)15/h1,7-8,10,16H,5-6H2,2-3H3. The predicted octanol–water partition coefficient (Wildman–Crippen LogP) is 2.95. The summed E-state index contributed by atoms with van der Waals surface area (Å²) in [7, 11) is 0. The summed E-state index contributed by atoms with van der Waals surface area (Å²) in [6.45, 7) is 3.91. The first kappa shape index (κ1) is 12.7. The van der Waals surface area contributed by atoms with E-state index in [1.54, 1.807) is 13.8 Å². The van der Waals surface area contributed by atoms with E-state index in [0.29, 0.717) is 24.1 Å². The van der Waals surface area contributed by atoms with E-state index >= 15 is 0 Å². The number of terminal acetylenes is 1. The van der Waals surface area contributed by atoms with Gasteiger partial charge in [-0.1, -0.05) is 0 Å². The third-order valence-corrected chi connectivity index (χ3v) is 2.46. The van der Waals surface area contributed by atoms with E-state index in [1.165, 1.54) is 12.1 Å². The average molecular weight is 223 g/mol. The van der Waals surface area contributed by atoms with Crippen LogP contribution in [0.2, 0.25) is 0 Å². The molecular weight excluding hydrogens is 208 g/mol. The van der Waals surface area contributed by atoms with Crippen LogP contribution in [-0.2, 0) is 0 Å². The van der Waals surface area contributed by atoms with Gasteiger partial charge in [0.1, 0.15) is 11.6 Å². The Kier molecular flexibility index (Phi) is 4.45. The van der Waals surface area contributed by atoms with Gasteiger partial charge in [0.15, 0.2) is 0 Å². The second-order valence-corrected chi connectivity index (χ2v) is 3.75. The Morgan fingerprint density at radius 3 is 2.69 bits per heavy atom.